The lowest BCUT2D eigenvalue weighted by atomic mass is 10.4. The van der Waals surface area contributed by atoms with Crippen molar-refractivity contribution in [3.8, 4) is 0 Å². The van der Waals surface area contributed by atoms with Crippen LogP contribution in [0.15, 0.2) is 23.8 Å². The van der Waals surface area contributed by atoms with Crippen LogP contribution in [0.3, 0.4) is 0 Å². The van der Waals surface area contributed by atoms with E-state index in [-0.39, 0.29) is 0 Å². The second-order valence-electron chi connectivity index (χ2n) is 3.97. The van der Waals surface area contributed by atoms with Crippen LogP contribution in [0.2, 0.25) is 0 Å². The fourth-order valence-corrected chi connectivity index (χ4v) is 2.41. The van der Waals surface area contributed by atoms with E-state index in [9.17, 15) is 0 Å². The van der Waals surface area contributed by atoms with E-state index in [1.54, 1.807) is 11.3 Å². The summed E-state index contributed by atoms with van der Waals surface area (Å²) in [6.45, 7) is 2.73. The second kappa shape index (κ2) is 3.89. The smallest absolute Gasteiger partial charge is 0.193 e. The van der Waals surface area contributed by atoms with E-state index in [4.69, 9.17) is 0 Å². The molecule has 1 N–H and O–H groups in total. The van der Waals surface area contributed by atoms with Crippen molar-refractivity contribution in [3.05, 3.63) is 35.2 Å². The Bertz CT molecular complexity index is 600. The summed E-state index contributed by atoms with van der Waals surface area (Å²) >= 11 is 1.64. The first-order valence-electron chi connectivity index (χ1n) is 5.38. The van der Waals surface area contributed by atoms with Gasteiger partial charge in [-0.2, -0.15) is 5.10 Å². The molecule has 3 aromatic heterocycles. The van der Waals surface area contributed by atoms with Gasteiger partial charge < -0.3 is 5.32 Å². The molecule has 0 aliphatic rings. The number of hydrogen-bond donors (Lipinski definition) is 1. The molecule has 0 saturated heterocycles. The topological polar surface area (TPSA) is 47.1 Å². The number of thiazole rings is 1. The molecule has 0 saturated carbocycles. The molecule has 0 amide bonds. The van der Waals surface area contributed by atoms with Crippen LogP contribution >= 0.6 is 11.3 Å². The van der Waals surface area contributed by atoms with Crippen molar-refractivity contribution in [1.82, 2.24) is 19.2 Å². The highest BCUT2D eigenvalue weighted by atomic mass is 32.1. The van der Waals surface area contributed by atoms with Crippen molar-refractivity contribution in [2.45, 2.75) is 13.5 Å². The molecule has 17 heavy (non-hydrogen) atoms. The monoisotopic (exact) mass is 247 g/mol. The molecule has 3 aromatic rings. The summed E-state index contributed by atoms with van der Waals surface area (Å²) in [5.74, 6) is 0.890. The first-order chi connectivity index (χ1) is 8.22. The third kappa shape index (κ3) is 1.91. The summed E-state index contributed by atoms with van der Waals surface area (Å²) in [5.41, 5.74) is 2.17. The van der Waals surface area contributed by atoms with Crippen molar-refractivity contribution in [1.29, 1.82) is 0 Å². The Balaban J connectivity index is 1.73. The van der Waals surface area contributed by atoms with Crippen molar-refractivity contribution in [2.24, 2.45) is 7.05 Å². The Hall–Kier alpha value is -1.82. The highest BCUT2D eigenvalue weighted by Crippen LogP contribution is 2.13. The van der Waals surface area contributed by atoms with Gasteiger partial charge in [-0.25, -0.2) is 4.98 Å². The van der Waals surface area contributed by atoms with Crippen LogP contribution in [-0.2, 0) is 13.6 Å². The summed E-state index contributed by atoms with van der Waals surface area (Å²) in [4.78, 5) is 5.53. The molecule has 0 fully saturated rings. The highest BCUT2D eigenvalue weighted by molar-refractivity contribution is 7.15. The Kier molecular flexibility index (Phi) is 2.36. The number of fused-ring (bicyclic) bond motifs is 1. The molecule has 88 valence electrons. The van der Waals surface area contributed by atoms with Gasteiger partial charge in [-0.05, 0) is 6.92 Å². The molecular formula is C11H13N5S. The van der Waals surface area contributed by atoms with Gasteiger partial charge in [0.05, 0.1) is 12.2 Å². The summed E-state index contributed by atoms with van der Waals surface area (Å²) < 4.78 is 3.89. The first-order valence-corrected chi connectivity index (χ1v) is 6.26. The first kappa shape index (κ1) is 10.3. The molecule has 0 radical (unpaired) electrons. The zero-order valence-corrected chi connectivity index (χ0v) is 10.5. The van der Waals surface area contributed by atoms with Gasteiger partial charge in [-0.15, -0.1) is 11.3 Å². The van der Waals surface area contributed by atoms with Crippen LogP contribution in [0.5, 0.6) is 0 Å². The van der Waals surface area contributed by atoms with Gasteiger partial charge in [0.2, 0.25) is 0 Å². The predicted molar refractivity (Wildman–Crippen MR) is 68.3 cm³/mol. The minimum Gasteiger partial charge on any atom is -0.363 e. The molecule has 0 aromatic carbocycles. The average molecular weight is 247 g/mol. The molecule has 6 heteroatoms. The Morgan fingerprint density at radius 3 is 3.06 bits per heavy atom. The molecule has 0 unspecified atom stereocenters. The highest BCUT2D eigenvalue weighted by Gasteiger charge is 2.04. The Labute approximate surface area is 103 Å². The van der Waals surface area contributed by atoms with Crippen LogP contribution < -0.4 is 5.32 Å². The molecular weight excluding hydrogens is 234 g/mol. The zero-order chi connectivity index (χ0) is 11.8. The molecule has 0 spiro atoms. The number of anilines is 1. The Morgan fingerprint density at radius 2 is 2.35 bits per heavy atom. The summed E-state index contributed by atoms with van der Waals surface area (Å²) in [6, 6.07) is 2.03. The van der Waals surface area contributed by atoms with Crippen molar-refractivity contribution in [3.63, 3.8) is 0 Å². The molecule has 3 rings (SSSR count). The predicted octanol–water partition coefficient (Wildman–Crippen LogP) is 2.05. The van der Waals surface area contributed by atoms with Crippen molar-refractivity contribution in [2.75, 3.05) is 5.32 Å². The van der Waals surface area contributed by atoms with Gasteiger partial charge in [0.1, 0.15) is 5.82 Å². The third-order valence-corrected chi connectivity index (χ3v) is 3.48. The minimum atomic E-state index is 0.699. The van der Waals surface area contributed by atoms with Crippen molar-refractivity contribution < 1.29 is 0 Å². The van der Waals surface area contributed by atoms with Crippen LogP contribution in [0, 0.1) is 6.92 Å². The number of rotatable bonds is 3. The van der Waals surface area contributed by atoms with Crippen LogP contribution in [-0.4, -0.2) is 19.2 Å². The largest absolute Gasteiger partial charge is 0.363 e. The van der Waals surface area contributed by atoms with Gasteiger partial charge in [0, 0.05) is 36.6 Å². The van der Waals surface area contributed by atoms with Gasteiger partial charge in [0.15, 0.2) is 4.96 Å². The molecule has 0 atom stereocenters. The summed E-state index contributed by atoms with van der Waals surface area (Å²) in [7, 11) is 1.94. The second-order valence-corrected chi connectivity index (χ2v) is 4.85. The van der Waals surface area contributed by atoms with Crippen LogP contribution in [0.25, 0.3) is 4.96 Å². The quantitative estimate of drug-likeness (QED) is 0.770. The number of nitrogens with one attached hydrogen (secondary N) is 1. The van der Waals surface area contributed by atoms with E-state index in [0.29, 0.717) is 6.54 Å². The number of imidazole rings is 1. The van der Waals surface area contributed by atoms with E-state index < -0.39 is 0 Å². The van der Waals surface area contributed by atoms with Gasteiger partial charge in [-0.3, -0.25) is 9.08 Å². The van der Waals surface area contributed by atoms with E-state index in [0.717, 1.165) is 22.2 Å². The van der Waals surface area contributed by atoms with Crippen LogP contribution in [0.4, 0.5) is 5.82 Å². The lowest BCUT2D eigenvalue weighted by Gasteiger charge is -1.98. The summed E-state index contributed by atoms with van der Waals surface area (Å²) in [6.07, 6.45) is 4.05. The third-order valence-electron chi connectivity index (χ3n) is 2.71. The molecule has 0 aliphatic carbocycles. The number of hydrogen-bond acceptors (Lipinski definition) is 4. The molecule has 3 heterocycles. The van der Waals surface area contributed by atoms with E-state index in [2.05, 4.69) is 15.4 Å². The molecule has 0 bridgehead atoms. The lowest BCUT2D eigenvalue weighted by molar-refractivity contribution is 0.740. The van der Waals surface area contributed by atoms with Crippen molar-refractivity contribution >= 4 is 22.1 Å². The number of nitrogens with zero attached hydrogens (tertiary/aromatic N) is 4. The van der Waals surface area contributed by atoms with E-state index in [1.165, 1.54) is 0 Å². The SMILES string of the molecule is Cc1cc(NCc2cn3ccsc3n2)nn1C. The average Bonchev–Trinajstić information content (AvgIpc) is 2.91. The van der Waals surface area contributed by atoms with Gasteiger partial charge in [-0.1, -0.05) is 0 Å². The summed E-state index contributed by atoms with van der Waals surface area (Å²) in [5, 5.41) is 9.64. The fourth-order valence-electron chi connectivity index (χ4n) is 1.69. The van der Waals surface area contributed by atoms with E-state index in [1.807, 2.05) is 46.9 Å². The lowest BCUT2D eigenvalue weighted by Crippen LogP contribution is -2.01. The maximum atomic E-state index is 4.50. The molecule has 0 aliphatic heterocycles. The van der Waals surface area contributed by atoms with E-state index >= 15 is 0 Å². The standard InChI is InChI=1S/C11H13N5S/c1-8-5-10(14-15(8)2)12-6-9-7-16-3-4-17-11(16)13-9/h3-5,7H,6H2,1-2H3,(H,12,14). The maximum Gasteiger partial charge on any atom is 0.193 e. The van der Waals surface area contributed by atoms with Gasteiger partial charge >= 0.3 is 0 Å². The zero-order valence-electron chi connectivity index (χ0n) is 9.71. The maximum absolute atomic E-state index is 4.50. The minimum absolute atomic E-state index is 0.699. The fraction of sp³-hybridized carbons (Fsp3) is 0.273. The normalized spacial score (nSPS) is 11.2. The van der Waals surface area contributed by atoms with Crippen LogP contribution in [0.1, 0.15) is 11.4 Å². The molecule has 5 nitrogen and oxygen atoms in total. The number of aryl methyl sites for hydroxylation is 2. The number of aromatic nitrogens is 4. The Morgan fingerprint density at radius 1 is 1.47 bits per heavy atom. The van der Waals surface area contributed by atoms with Gasteiger partial charge in [0.25, 0.3) is 0 Å².